The summed E-state index contributed by atoms with van der Waals surface area (Å²) in [6, 6.07) is 14.4. The summed E-state index contributed by atoms with van der Waals surface area (Å²) in [7, 11) is -2.05. The summed E-state index contributed by atoms with van der Waals surface area (Å²) < 4.78 is 38.4. The lowest BCUT2D eigenvalue weighted by molar-refractivity contribution is -0.387. The predicted molar refractivity (Wildman–Crippen MR) is 136 cm³/mol. The second-order valence-electron chi connectivity index (χ2n) is 7.38. The van der Waals surface area contributed by atoms with Crippen LogP contribution in [0.1, 0.15) is 5.56 Å². The van der Waals surface area contributed by atoms with Crippen molar-refractivity contribution in [2.24, 2.45) is 5.10 Å². The van der Waals surface area contributed by atoms with Crippen molar-refractivity contribution in [1.29, 1.82) is 0 Å². The number of hydrogen-bond acceptors (Lipinski definition) is 10. The molecule has 0 heterocycles. The lowest BCUT2D eigenvalue weighted by atomic mass is 10.2. The molecule has 0 spiro atoms. The maximum atomic E-state index is 13.7. The number of nitrogens with zero attached hydrogens (tertiary/aromatic N) is 4. The fraction of sp³-hybridized carbons (Fsp3) is 0.130. The van der Waals surface area contributed by atoms with Crippen molar-refractivity contribution < 1.29 is 32.5 Å². The molecule has 0 atom stereocenters. The molecule has 0 saturated carbocycles. The molecule has 3 aromatic rings. The molecule has 0 aromatic heterocycles. The molecule has 3 rings (SSSR count). The Labute approximate surface area is 216 Å². The van der Waals surface area contributed by atoms with Gasteiger partial charge in [-0.15, -0.1) is 0 Å². The fourth-order valence-corrected chi connectivity index (χ4v) is 4.93. The summed E-state index contributed by atoms with van der Waals surface area (Å²) >= 11 is 0. The molecule has 3 aromatic carbocycles. The van der Waals surface area contributed by atoms with E-state index in [2.05, 4.69) is 10.5 Å². The quantitative estimate of drug-likeness (QED) is 0.216. The Morgan fingerprint density at radius 2 is 1.61 bits per heavy atom. The number of ether oxygens (including phenoxy) is 2. The van der Waals surface area contributed by atoms with E-state index in [1.54, 1.807) is 0 Å². The zero-order valence-electron chi connectivity index (χ0n) is 20.0. The van der Waals surface area contributed by atoms with Gasteiger partial charge in [-0.1, -0.05) is 24.3 Å². The van der Waals surface area contributed by atoms with Crippen molar-refractivity contribution in [3.63, 3.8) is 0 Å². The van der Waals surface area contributed by atoms with Crippen LogP contribution in [-0.4, -0.2) is 51.2 Å². The number of carbonyl (C=O) groups is 1. The smallest absolute Gasteiger partial charge is 0.289 e. The van der Waals surface area contributed by atoms with Gasteiger partial charge >= 0.3 is 0 Å². The molecule has 0 saturated heterocycles. The van der Waals surface area contributed by atoms with Gasteiger partial charge in [0.1, 0.15) is 18.0 Å². The maximum absolute atomic E-state index is 13.7. The number of hydrazone groups is 1. The van der Waals surface area contributed by atoms with Crippen LogP contribution in [0.15, 0.2) is 76.7 Å². The SMILES string of the molecule is COc1ccc(N(CC(=O)N/N=C\c2ccccc2[N+](=O)[O-])S(=O)(=O)c2ccccc2[N+](=O)[O-])c(OC)c1. The maximum Gasteiger partial charge on any atom is 0.289 e. The van der Waals surface area contributed by atoms with Crippen LogP contribution in [0, 0.1) is 20.2 Å². The summed E-state index contributed by atoms with van der Waals surface area (Å²) in [6.07, 6.45) is 1.03. The lowest BCUT2D eigenvalue weighted by Crippen LogP contribution is -2.40. The Bertz CT molecular complexity index is 1510. The third-order valence-electron chi connectivity index (χ3n) is 5.10. The third-order valence-corrected chi connectivity index (χ3v) is 6.91. The molecule has 0 bridgehead atoms. The van der Waals surface area contributed by atoms with E-state index in [0.717, 1.165) is 18.3 Å². The van der Waals surface area contributed by atoms with Gasteiger partial charge in [0, 0.05) is 18.2 Å². The molecule has 15 heteroatoms. The van der Waals surface area contributed by atoms with Crippen molar-refractivity contribution in [3.05, 3.63) is 92.5 Å². The minimum absolute atomic E-state index is 0.00252. The molecule has 0 aliphatic carbocycles. The van der Waals surface area contributed by atoms with Gasteiger partial charge in [-0.3, -0.25) is 29.3 Å². The third kappa shape index (κ3) is 6.01. The van der Waals surface area contributed by atoms with Crippen molar-refractivity contribution in [3.8, 4) is 11.5 Å². The number of anilines is 1. The first-order chi connectivity index (χ1) is 18.1. The Balaban J connectivity index is 2.01. The summed E-state index contributed by atoms with van der Waals surface area (Å²) in [5.74, 6) is -0.616. The minimum Gasteiger partial charge on any atom is -0.497 e. The van der Waals surface area contributed by atoms with Crippen LogP contribution in [0.4, 0.5) is 17.1 Å². The Hall–Kier alpha value is -5.05. The predicted octanol–water partition coefficient (Wildman–Crippen LogP) is 2.87. The highest BCUT2D eigenvalue weighted by Gasteiger charge is 2.34. The summed E-state index contributed by atoms with van der Waals surface area (Å²) in [6.45, 7) is -0.870. The van der Waals surface area contributed by atoms with Crippen molar-refractivity contribution in [2.45, 2.75) is 4.90 Å². The molecule has 1 amide bonds. The van der Waals surface area contributed by atoms with E-state index in [0.29, 0.717) is 10.1 Å². The van der Waals surface area contributed by atoms with Gasteiger partial charge in [0.2, 0.25) is 0 Å². The molecule has 0 aliphatic heterocycles. The molecule has 0 aliphatic rings. The molecular formula is C23H21N5O9S. The summed E-state index contributed by atoms with van der Waals surface area (Å²) in [4.78, 5) is 33.4. The number of hydrogen-bond donors (Lipinski definition) is 1. The van der Waals surface area contributed by atoms with E-state index in [1.165, 1.54) is 68.8 Å². The first-order valence-electron chi connectivity index (χ1n) is 10.6. The molecule has 198 valence electrons. The number of nitrogens with one attached hydrogen (secondary N) is 1. The van der Waals surface area contributed by atoms with Gasteiger partial charge in [0.05, 0.1) is 41.5 Å². The molecule has 14 nitrogen and oxygen atoms in total. The number of benzene rings is 3. The number of rotatable bonds is 11. The van der Waals surface area contributed by atoms with Crippen LogP contribution in [0.2, 0.25) is 0 Å². The average Bonchev–Trinajstić information content (AvgIpc) is 2.91. The average molecular weight is 544 g/mol. The monoisotopic (exact) mass is 543 g/mol. The number of methoxy groups -OCH3 is 2. The number of amides is 1. The zero-order chi connectivity index (χ0) is 27.9. The molecule has 0 fully saturated rings. The Kier molecular flexibility index (Phi) is 8.54. The highest BCUT2D eigenvalue weighted by Crippen LogP contribution is 2.37. The van der Waals surface area contributed by atoms with E-state index in [9.17, 15) is 33.4 Å². The minimum atomic E-state index is -4.70. The van der Waals surface area contributed by atoms with Crippen LogP contribution >= 0.6 is 0 Å². The molecule has 0 unspecified atom stereocenters. The van der Waals surface area contributed by atoms with E-state index in [4.69, 9.17) is 9.47 Å². The number of nitro benzene ring substituents is 2. The van der Waals surface area contributed by atoms with Crippen molar-refractivity contribution in [1.82, 2.24) is 5.43 Å². The van der Waals surface area contributed by atoms with E-state index >= 15 is 0 Å². The van der Waals surface area contributed by atoms with Crippen LogP contribution in [-0.2, 0) is 14.8 Å². The summed E-state index contributed by atoms with van der Waals surface area (Å²) in [5, 5.41) is 26.4. The largest absolute Gasteiger partial charge is 0.497 e. The van der Waals surface area contributed by atoms with Gasteiger partial charge in [-0.2, -0.15) is 5.10 Å². The Morgan fingerprint density at radius 3 is 2.24 bits per heavy atom. The van der Waals surface area contributed by atoms with Crippen LogP contribution in [0.3, 0.4) is 0 Å². The van der Waals surface area contributed by atoms with E-state index < -0.39 is 42.9 Å². The van der Waals surface area contributed by atoms with E-state index in [-0.39, 0.29) is 22.7 Å². The first-order valence-corrected chi connectivity index (χ1v) is 12.1. The first kappa shape index (κ1) is 27.5. The number of sulfonamides is 1. The van der Waals surface area contributed by atoms with Gasteiger partial charge < -0.3 is 9.47 Å². The molecule has 1 N–H and O–H groups in total. The van der Waals surface area contributed by atoms with Crippen molar-refractivity contribution >= 4 is 39.2 Å². The second kappa shape index (κ2) is 11.8. The number of nitro groups is 2. The zero-order valence-corrected chi connectivity index (χ0v) is 20.8. The highest BCUT2D eigenvalue weighted by atomic mass is 32.2. The number of para-hydroxylation sites is 2. The number of carbonyl (C=O) groups excluding carboxylic acids is 1. The molecule has 38 heavy (non-hydrogen) atoms. The topological polar surface area (TPSA) is 184 Å². The van der Waals surface area contributed by atoms with Gasteiger partial charge in [-0.25, -0.2) is 13.8 Å². The van der Waals surface area contributed by atoms with Crippen LogP contribution in [0.25, 0.3) is 0 Å². The molecular weight excluding hydrogens is 522 g/mol. The molecule has 0 radical (unpaired) electrons. The lowest BCUT2D eigenvalue weighted by Gasteiger charge is -2.25. The van der Waals surface area contributed by atoms with Gasteiger partial charge in [0.25, 0.3) is 27.3 Å². The normalized spacial score (nSPS) is 11.1. The van der Waals surface area contributed by atoms with Crippen molar-refractivity contribution in [2.75, 3.05) is 25.1 Å². The van der Waals surface area contributed by atoms with Gasteiger partial charge in [-0.05, 0) is 24.3 Å². The van der Waals surface area contributed by atoms with Crippen LogP contribution in [0.5, 0.6) is 11.5 Å². The summed E-state index contributed by atoms with van der Waals surface area (Å²) in [5.41, 5.74) is 1.16. The fourth-order valence-electron chi connectivity index (χ4n) is 3.34. The standard InChI is InChI=1S/C23H21N5O9S/c1-36-17-11-12-19(21(13-17)37-2)26(38(34,35)22-10-6-5-9-20(22)28(32)33)15-23(29)25-24-14-16-7-3-4-8-18(16)27(30)31/h3-14H,15H2,1-2H3,(H,25,29)/b24-14-. The highest BCUT2D eigenvalue weighted by molar-refractivity contribution is 7.93. The second-order valence-corrected chi connectivity index (χ2v) is 9.21. The van der Waals surface area contributed by atoms with Gasteiger partial charge in [0.15, 0.2) is 4.90 Å². The van der Waals surface area contributed by atoms with Crippen LogP contribution < -0.4 is 19.2 Å². The Morgan fingerprint density at radius 1 is 0.974 bits per heavy atom. The van der Waals surface area contributed by atoms with E-state index in [1.807, 2.05) is 0 Å².